The van der Waals surface area contributed by atoms with E-state index in [-0.39, 0.29) is 12.6 Å². The summed E-state index contributed by atoms with van der Waals surface area (Å²) < 4.78 is 4.83. The number of carbonyl (C=O) groups is 1. The van der Waals surface area contributed by atoms with E-state index in [2.05, 4.69) is 34.7 Å². The molecule has 2 aromatic rings. The van der Waals surface area contributed by atoms with Gasteiger partial charge in [0.25, 0.3) is 0 Å². The van der Waals surface area contributed by atoms with Crippen LogP contribution in [0.4, 0.5) is 4.79 Å². The summed E-state index contributed by atoms with van der Waals surface area (Å²) >= 11 is 0. The van der Waals surface area contributed by atoms with E-state index in [1.165, 1.54) is 23.6 Å². The second-order valence-electron chi connectivity index (χ2n) is 5.64. The highest BCUT2D eigenvalue weighted by Crippen LogP contribution is 2.21. The van der Waals surface area contributed by atoms with Gasteiger partial charge in [-0.3, -0.25) is 0 Å². The van der Waals surface area contributed by atoms with E-state index in [0.717, 1.165) is 11.9 Å². The minimum Gasteiger partial charge on any atom is -0.391 e. The molecule has 4 N–H and O–H groups in total. The molecule has 23 heavy (non-hydrogen) atoms. The highest BCUT2D eigenvalue weighted by molar-refractivity contribution is 5.85. The van der Waals surface area contributed by atoms with Gasteiger partial charge in [-0.15, -0.1) is 0 Å². The highest BCUT2D eigenvalue weighted by Gasteiger charge is 2.07. The molecule has 0 radical (unpaired) electrons. The molecule has 0 saturated heterocycles. The average Bonchev–Trinajstić information content (AvgIpc) is 2.92. The number of aryl methyl sites for hydroxylation is 1. The molecule has 6 heteroatoms. The van der Waals surface area contributed by atoms with Crippen LogP contribution in [0.3, 0.4) is 0 Å². The normalized spacial score (nSPS) is 12.3. The van der Waals surface area contributed by atoms with Crippen molar-refractivity contribution in [2.24, 2.45) is 0 Å². The zero-order valence-corrected chi connectivity index (χ0v) is 13.7. The number of hydrogen-bond donors (Lipinski definition) is 4. The lowest BCUT2D eigenvalue weighted by Crippen LogP contribution is -2.38. The Hall–Kier alpha value is -2.05. The predicted molar refractivity (Wildman–Crippen MR) is 90.6 cm³/mol. The number of urea groups is 1. The van der Waals surface area contributed by atoms with E-state index in [4.69, 9.17) is 4.74 Å². The Morgan fingerprint density at radius 1 is 1.35 bits per heavy atom. The van der Waals surface area contributed by atoms with Gasteiger partial charge in [-0.05, 0) is 30.9 Å². The molecular formula is C17H25N3O3. The number of para-hydroxylation sites is 1. The number of methoxy groups -OCH3 is 1. The Balaban J connectivity index is 1.72. The molecule has 1 heterocycles. The van der Waals surface area contributed by atoms with Crippen molar-refractivity contribution in [1.82, 2.24) is 15.6 Å². The van der Waals surface area contributed by atoms with Gasteiger partial charge in [0.15, 0.2) is 0 Å². The summed E-state index contributed by atoms with van der Waals surface area (Å²) in [5.41, 5.74) is 3.56. The fourth-order valence-corrected chi connectivity index (χ4v) is 2.57. The first kappa shape index (κ1) is 17.3. The van der Waals surface area contributed by atoms with Crippen molar-refractivity contribution < 1.29 is 14.6 Å². The number of benzene rings is 1. The minimum absolute atomic E-state index is 0.217. The molecular weight excluding hydrogens is 294 g/mol. The van der Waals surface area contributed by atoms with Crippen molar-refractivity contribution in [3.05, 3.63) is 35.5 Å². The van der Waals surface area contributed by atoms with Crippen molar-refractivity contribution in [3.63, 3.8) is 0 Å². The number of carbonyl (C=O) groups excluding carboxylic acids is 1. The molecule has 0 aliphatic heterocycles. The molecule has 2 amide bonds. The van der Waals surface area contributed by atoms with Crippen LogP contribution in [0.1, 0.15) is 17.5 Å². The molecule has 0 spiro atoms. The van der Waals surface area contributed by atoms with E-state index in [9.17, 15) is 9.90 Å². The van der Waals surface area contributed by atoms with Crippen LogP contribution in [0.25, 0.3) is 10.9 Å². The second kappa shape index (κ2) is 8.55. The van der Waals surface area contributed by atoms with E-state index in [1.54, 1.807) is 0 Å². The predicted octanol–water partition coefficient (Wildman–Crippen LogP) is 1.72. The Kier molecular flexibility index (Phi) is 6.43. The number of hydrogen-bond acceptors (Lipinski definition) is 3. The smallest absolute Gasteiger partial charge is 0.314 e. The topological polar surface area (TPSA) is 86.4 Å². The van der Waals surface area contributed by atoms with Gasteiger partial charge in [0.1, 0.15) is 0 Å². The van der Waals surface area contributed by atoms with Crippen molar-refractivity contribution in [1.29, 1.82) is 0 Å². The van der Waals surface area contributed by atoms with E-state index in [0.29, 0.717) is 19.5 Å². The molecule has 1 aromatic carbocycles. The molecule has 0 aliphatic carbocycles. The van der Waals surface area contributed by atoms with Gasteiger partial charge in [-0.1, -0.05) is 18.2 Å². The summed E-state index contributed by atoms with van der Waals surface area (Å²) in [5.74, 6) is 0. The van der Waals surface area contributed by atoms with Gasteiger partial charge in [0, 0.05) is 37.3 Å². The number of amides is 2. The number of rotatable bonds is 8. The van der Waals surface area contributed by atoms with Crippen LogP contribution in [0.2, 0.25) is 0 Å². The van der Waals surface area contributed by atoms with Crippen LogP contribution in [0.15, 0.2) is 24.4 Å². The van der Waals surface area contributed by atoms with Crippen LogP contribution >= 0.6 is 0 Å². The van der Waals surface area contributed by atoms with Crippen LogP contribution < -0.4 is 10.6 Å². The number of aliphatic hydroxyl groups excluding tert-OH is 1. The van der Waals surface area contributed by atoms with Gasteiger partial charge < -0.3 is 25.5 Å². The number of aromatic nitrogens is 1. The molecule has 1 unspecified atom stereocenters. The molecule has 0 saturated carbocycles. The van der Waals surface area contributed by atoms with E-state index in [1.807, 2.05) is 12.3 Å². The van der Waals surface area contributed by atoms with Crippen LogP contribution in [-0.4, -0.2) is 49.0 Å². The Morgan fingerprint density at radius 2 is 2.13 bits per heavy atom. The summed E-state index contributed by atoms with van der Waals surface area (Å²) in [6, 6.07) is 5.99. The van der Waals surface area contributed by atoms with Crippen molar-refractivity contribution in [3.8, 4) is 0 Å². The zero-order chi connectivity index (χ0) is 16.7. The van der Waals surface area contributed by atoms with E-state index < -0.39 is 6.10 Å². The Morgan fingerprint density at radius 3 is 2.91 bits per heavy atom. The lowest BCUT2D eigenvalue weighted by molar-refractivity contribution is 0.0599. The fourth-order valence-electron chi connectivity index (χ4n) is 2.57. The average molecular weight is 319 g/mol. The highest BCUT2D eigenvalue weighted by atomic mass is 16.5. The molecule has 2 rings (SSSR count). The maximum Gasteiger partial charge on any atom is 0.314 e. The molecule has 0 fully saturated rings. The van der Waals surface area contributed by atoms with Crippen LogP contribution in [-0.2, 0) is 11.2 Å². The second-order valence-corrected chi connectivity index (χ2v) is 5.64. The number of ether oxygens (including phenoxy) is 1. The molecule has 6 nitrogen and oxygen atoms in total. The Labute approximate surface area is 136 Å². The third-order valence-electron chi connectivity index (χ3n) is 3.81. The zero-order valence-electron chi connectivity index (χ0n) is 13.7. The van der Waals surface area contributed by atoms with Gasteiger partial charge in [-0.2, -0.15) is 0 Å². The first-order chi connectivity index (χ1) is 11.1. The SMILES string of the molecule is COCC(O)CCNC(=O)NCCc1c[nH]c2c(C)cccc12. The number of fused-ring (bicyclic) bond motifs is 1. The molecule has 0 aliphatic rings. The van der Waals surface area contributed by atoms with Crippen molar-refractivity contribution in [2.45, 2.75) is 25.9 Å². The molecule has 0 bridgehead atoms. The summed E-state index contributed by atoms with van der Waals surface area (Å²) in [5, 5.41) is 16.2. The molecule has 126 valence electrons. The third-order valence-corrected chi connectivity index (χ3v) is 3.81. The summed E-state index contributed by atoms with van der Waals surface area (Å²) in [7, 11) is 1.54. The van der Waals surface area contributed by atoms with Gasteiger partial charge in [0.2, 0.25) is 0 Å². The van der Waals surface area contributed by atoms with Crippen molar-refractivity contribution >= 4 is 16.9 Å². The fraction of sp³-hybridized carbons (Fsp3) is 0.471. The lowest BCUT2D eigenvalue weighted by Gasteiger charge is -2.10. The first-order valence-corrected chi connectivity index (χ1v) is 7.86. The largest absolute Gasteiger partial charge is 0.391 e. The summed E-state index contributed by atoms with van der Waals surface area (Å²) in [4.78, 5) is 15.0. The molecule has 1 aromatic heterocycles. The standard InChI is InChI=1S/C17H25N3O3/c1-12-4-3-5-15-13(10-20-16(12)15)6-8-18-17(22)19-9-7-14(21)11-23-2/h3-5,10,14,20-21H,6-9,11H2,1-2H3,(H2,18,19,22). The minimum atomic E-state index is -0.547. The van der Waals surface area contributed by atoms with Gasteiger partial charge >= 0.3 is 6.03 Å². The number of H-pyrrole nitrogens is 1. The summed E-state index contributed by atoms with van der Waals surface area (Å²) in [6.45, 7) is 3.34. The maximum absolute atomic E-state index is 11.7. The van der Waals surface area contributed by atoms with E-state index >= 15 is 0 Å². The molecule has 1 atom stereocenters. The van der Waals surface area contributed by atoms with Crippen LogP contribution in [0.5, 0.6) is 0 Å². The monoisotopic (exact) mass is 319 g/mol. The number of nitrogens with one attached hydrogen (secondary N) is 3. The first-order valence-electron chi connectivity index (χ1n) is 7.86. The Bertz CT molecular complexity index is 639. The lowest BCUT2D eigenvalue weighted by atomic mass is 10.1. The summed E-state index contributed by atoms with van der Waals surface area (Å²) in [6.07, 6.45) is 2.69. The van der Waals surface area contributed by atoms with Crippen molar-refractivity contribution in [2.75, 3.05) is 26.8 Å². The quantitative estimate of drug-likeness (QED) is 0.597. The van der Waals surface area contributed by atoms with Crippen LogP contribution in [0, 0.1) is 6.92 Å². The number of aromatic amines is 1. The number of aliphatic hydroxyl groups is 1. The third kappa shape index (κ3) is 4.97. The maximum atomic E-state index is 11.7. The van der Waals surface area contributed by atoms with Gasteiger partial charge in [-0.25, -0.2) is 4.79 Å². The van der Waals surface area contributed by atoms with Gasteiger partial charge in [0.05, 0.1) is 12.7 Å².